The molecule has 0 aliphatic carbocycles. The van der Waals surface area contributed by atoms with Crippen LogP contribution in [-0.2, 0) is 4.79 Å². The molecule has 1 atom stereocenters. The molecule has 3 amide bonds. The zero-order valence-electron chi connectivity index (χ0n) is 14.5. The van der Waals surface area contributed by atoms with Crippen LogP contribution in [-0.4, -0.2) is 60.5 Å². The Kier molecular flexibility index (Phi) is 7.71. The fourth-order valence-corrected chi connectivity index (χ4v) is 3.23. The van der Waals surface area contributed by atoms with Gasteiger partial charge in [0, 0.05) is 41.2 Å². The van der Waals surface area contributed by atoms with Crippen molar-refractivity contribution in [3.8, 4) is 0 Å². The van der Waals surface area contributed by atoms with E-state index in [0.717, 1.165) is 21.1 Å². The van der Waals surface area contributed by atoms with Gasteiger partial charge in [0.25, 0.3) is 0 Å². The van der Waals surface area contributed by atoms with Gasteiger partial charge in [-0.25, -0.2) is 4.79 Å². The number of piperazine rings is 1. The highest BCUT2D eigenvalue weighted by atomic mass is 79.9. The number of nitrogens with one attached hydrogen (secondary N) is 2. The molecule has 1 saturated heterocycles. The molecule has 8 heteroatoms. The van der Waals surface area contributed by atoms with Gasteiger partial charge < -0.3 is 15.5 Å². The summed E-state index contributed by atoms with van der Waals surface area (Å²) < 4.78 is 1.74. The molecule has 0 bridgehead atoms. The third kappa shape index (κ3) is 6.27. The van der Waals surface area contributed by atoms with Crippen LogP contribution in [0.5, 0.6) is 0 Å². The van der Waals surface area contributed by atoms with Gasteiger partial charge in [0.15, 0.2) is 0 Å². The number of benzene rings is 1. The predicted octanol–water partition coefficient (Wildman–Crippen LogP) is 3.28. The minimum atomic E-state index is -0.123. The van der Waals surface area contributed by atoms with Crippen LogP contribution in [0, 0.1) is 0 Å². The fraction of sp³-hybridized carbons (Fsp3) is 0.529. The molecule has 1 aliphatic heterocycles. The first-order valence-electron chi connectivity index (χ1n) is 8.41. The van der Waals surface area contributed by atoms with E-state index in [1.807, 2.05) is 32.0 Å². The highest BCUT2D eigenvalue weighted by Crippen LogP contribution is 2.26. The first kappa shape index (κ1) is 20.2. The Balaban J connectivity index is 1.80. The number of amides is 3. The molecule has 1 unspecified atom stereocenters. The molecule has 138 valence electrons. The lowest BCUT2D eigenvalue weighted by atomic mass is 10.2. The van der Waals surface area contributed by atoms with E-state index in [9.17, 15) is 9.59 Å². The van der Waals surface area contributed by atoms with E-state index >= 15 is 0 Å². The Labute approximate surface area is 165 Å². The van der Waals surface area contributed by atoms with Crippen molar-refractivity contribution in [1.82, 2.24) is 15.1 Å². The standard InChI is InChI=1S/C17H24Br2N4O2/c1-3-12(2)20-16(24)11-22-6-8-23(9-7-22)17(25)21-15-10-13(18)4-5-14(15)19/h4-5,10,12H,3,6-9,11H2,1-2H3,(H,20,24)(H,21,25). The molecular formula is C17H24Br2N4O2. The van der Waals surface area contributed by atoms with Gasteiger partial charge in [-0.15, -0.1) is 0 Å². The Morgan fingerprint density at radius 3 is 2.52 bits per heavy atom. The minimum Gasteiger partial charge on any atom is -0.353 e. The van der Waals surface area contributed by atoms with Crippen molar-refractivity contribution < 1.29 is 9.59 Å². The van der Waals surface area contributed by atoms with Gasteiger partial charge in [-0.2, -0.15) is 0 Å². The number of nitrogens with zero attached hydrogens (tertiary/aromatic N) is 2. The van der Waals surface area contributed by atoms with Crippen LogP contribution in [0.4, 0.5) is 10.5 Å². The van der Waals surface area contributed by atoms with E-state index in [2.05, 4.69) is 47.4 Å². The third-order valence-electron chi connectivity index (χ3n) is 4.22. The number of anilines is 1. The molecule has 0 spiro atoms. The van der Waals surface area contributed by atoms with Crippen LogP contribution < -0.4 is 10.6 Å². The normalized spacial score (nSPS) is 16.4. The average Bonchev–Trinajstić information content (AvgIpc) is 2.58. The molecule has 1 aromatic rings. The van der Waals surface area contributed by atoms with Gasteiger partial charge in [0.2, 0.25) is 5.91 Å². The second kappa shape index (κ2) is 9.54. The Morgan fingerprint density at radius 2 is 1.88 bits per heavy atom. The Bertz CT molecular complexity index is 619. The van der Waals surface area contributed by atoms with E-state index in [0.29, 0.717) is 32.7 Å². The molecule has 25 heavy (non-hydrogen) atoms. The molecule has 1 aromatic carbocycles. The van der Waals surface area contributed by atoms with Crippen molar-refractivity contribution in [2.24, 2.45) is 0 Å². The third-order valence-corrected chi connectivity index (χ3v) is 5.40. The monoisotopic (exact) mass is 474 g/mol. The first-order chi connectivity index (χ1) is 11.9. The molecule has 1 aliphatic rings. The summed E-state index contributed by atoms with van der Waals surface area (Å²) in [5.74, 6) is 0.0466. The molecule has 2 rings (SSSR count). The highest BCUT2D eigenvalue weighted by molar-refractivity contribution is 9.11. The fourth-order valence-electron chi connectivity index (χ4n) is 2.52. The molecule has 6 nitrogen and oxygen atoms in total. The summed E-state index contributed by atoms with van der Waals surface area (Å²) in [6, 6.07) is 5.72. The van der Waals surface area contributed by atoms with Crippen molar-refractivity contribution in [2.75, 3.05) is 38.0 Å². The number of urea groups is 1. The largest absolute Gasteiger partial charge is 0.353 e. The van der Waals surface area contributed by atoms with E-state index < -0.39 is 0 Å². The van der Waals surface area contributed by atoms with Gasteiger partial charge >= 0.3 is 6.03 Å². The number of rotatable bonds is 5. The lowest BCUT2D eigenvalue weighted by molar-refractivity contribution is -0.123. The number of hydrogen-bond donors (Lipinski definition) is 2. The molecular weight excluding hydrogens is 452 g/mol. The van der Waals surface area contributed by atoms with E-state index in [-0.39, 0.29) is 18.0 Å². The summed E-state index contributed by atoms with van der Waals surface area (Å²) in [6.07, 6.45) is 0.921. The van der Waals surface area contributed by atoms with E-state index in [1.165, 1.54) is 0 Å². The van der Waals surface area contributed by atoms with E-state index in [4.69, 9.17) is 0 Å². The molecule has 0 saturated carbocycles. The number of halogens is 2. The summed E-state index contributed by atoms with van der Waals surface area (Å²) in [5.41, 5.74) is 0.731. The van der Waals surface area contributed by atoms with Crippen LogP contribution in [0.25, 0.3) is 0 Å². The van der Waals surface area contributed by atoms with E-state index in [1.54, 1.807) is 4.90 Å². The van der Waals surface area contributed by atoms with Gasteiger partial charge in [-0.05, 0) is 47.5 Å². The maximum Gasteiger partial charge on any atom is 0.321 e. The van der Waals surface area contributed by atoms with Crippen molar-refractivity contribution in [3.63, 3.8) is 0 Å². The number of carbonyl (C=O) groups excluding carboxylic acids is 2. The predicted molar refractivity (Wildman–Crippen MR) is 107 cm³/mol. The summed E-state index contributed by atoms with van der Waals surface area (Å²) in [4.78, 5) is 28.2. The van der Waals surface area contributed by atoms with Crippen molar-refractivity contribution in [3.05, 3.63) is 27.1 Å². The molecule has 1 fully saturated rings. The Hall–Kier alpha value is -1.12. The number of hydrogen-bond acceptors (Lipinski definition) is 3. The van der Waals surface area contributed by atoms with Crippen molar-refractivity contribution >= 4 is 49.5 Å². The lowest BCUT2D eigenvalue weighted by Gasteiger charge is -2.34. The quantitative estimate of drug-likeness (QED) is 0.686. The lowest BCUT2D eigenvalue weighted by Crippen LogP contribution is -2.52. The summed E-state index contributed by atoms with van der Waals surface area (Å²) in [7, 11) is 0. The van der Waals surface area contributed by atoms with Gasteiger partial charge in [0.05, 0.1) is 12.2 Å². The van der Waals surface area contributed by atoms with Crippen LogP contribution >= 0.6 is 31.9 Å². The van der Waals surface area contributed by atoms with Gasteiger partial charge in [-0.1, -0.05) is 22.9 Å². The summed E-state index contributed by atoms with van der Waals surface area (Å²) in [6.45, 7) is 7.04. The molecule has 1 heterocycles. The summed E-state index contributed by atoms with van der Waals surface area (Å²) >= 11 is 6.84. The minimum absolute atomic E-state index is 0.0466. The SMILES string of the molecule is CCC(C)NC(=O)CN1CCN(C(=O)Nc2cc(Br)ccc2Br)CC1. The van der Waals surface area contributed by atoms with Crippen LogP contribution in [0.3, 0.4) is 0 Å². The zero-order valence-corrected chi connectivity index (χ0v) is 17.7. The van der Waals surface area contributed by atoms with Crippen molar-refractivity contribution in [2.45, 2.75) is 26.3 Å². The summed E-state index contributed by atoms with van der Waals surface area (Å²) in [5, 5.41) is 5.89. The topological polar surface area (TPSA) is 64.7 Å². The number of carbonyl (C=O) groups is 2. The van der Waals surface area contributed by atoms with Crippen LogP contribution in [0.1, 0.15) is 20.3 Å². The molecule has 0 radical (unpaired) electrons. The zero-order chi connectivity index (χ0) is 18.4. The van der Waals surface area contributed by atoms with Gasteiger partial charge in [-0.3, -0.25) is 9.69 Å². The van der Waals surface area contributed by atoms with Gasteiger partial charge in [0.1, 0.15) is 0 Å². The second-order valence-corrected chi connectivity index (χ2v) is 7.96. The Morgan fingerprint density at radius 1 is 1.20 bits per heavy atom. The maximum absolute atomic E-state index is 12.4. The first-order valence-corrected chi connectivity index (χ1v) is 10.00. The maximum atomic E-state index is 12.4. The smallest absolute Gasteiger partial charge is 0.321 e. The van der Waals surface area contributed by atoms with Crippen LogP contribution in [0.2, 0.25) is 0 Å². The highest BCUT2D eigenvalue weighted by Gasteiger charge is 2.23. The van der Waals surface area contributed by atoms with Crippen LogP contribution in [0.15, 0.2) is 27.1 Å². The second-order valence-electron chi connectivity index (χ2n) is 6.19. The molecule has 0 aromatic heterocycles. The van der Waals surface area contributed by atoms with Crippen molar-refractivity contribution in [1.29, 1.82) is 0 Å². The average molecular weight is 476 g/mol. The molecule has 2 N–H and O–H groups in total.